The van der Waals surface area contributed by atoms with Gasteiger partial charge in [0.05, 0.1) is 11.6 Å². The van der Waals surface area contributed by atoms with Gasteiger partial charge in [-0.3, -0.25) is 4.79 Å². The van der Waals surface area contributed by atoms with E-state index in [1.54, 1.807) is 31.2 Å². The van der Waals surface area contributed by atoms with Crippen molar-refractivity contribution in [2.75, 3.05) is 5.73 Å². The van der Waals surface area contributed by atoms with Gasteiger partial charge in [0.1, 0.15) is 5.82 Å². The number of nitrogens with one attached hydrogen (secondary N) is 1. The molecule has 4 heteroatoms. The van der Waals surface area contributed by atoms with Crippen LogP contribution in [-0.4, -0.2) is 5.91 Å². The van der Waals surface area contributed by atoms with Crippen molar-refractivity contribution in [3.8, 4) is 0 Å². The number of aryl methyl sites for hydroxylation is 1. The number of rotatable bonds is 3. The maximum Gasteiger partial charge on any atom is 0.253 e. The fourth-order valence-electron chi connectivity index (χ4n) is 2.02. The number of carbonyl (C=O) groups excluding carboxylic acids is 1. The first kappa shape index (κ1) is 14.1. The standard InChI is InChI=1S/C16H17FN2O/c1-10-6-7-14(15(18)8-10)16(20)19-11(2)12-4-3-5-13(17)9-12/h3-9,11H,18H2,1-2H3,(H,19,20). The van der Waals surface area contributed by atoms with Crippen LogP contribution in [-0.2, 0) is 0 Å². The van der Waals surface area contributed by atoms with Gasteiger partial charge < -0.3 is 11.1 Å². The van der Waals surface area contributed by atoms with E-state index in [9.17, 15) is 9.18 Å². The highest BCUT2D eigenvalue weighted by Gasteiger charge is 2.14. The van der Waals surface area contributed by atoms with Crippen LogP contribution in [0.25, 0.3) is 0 Å². The van der Waals surface area contributed by atoms with Gasteiger partial charge in [-0.15, -0.1) is 0 Å². The highest BCUT2D eigenvalue weighted by molar-refractivity contribution is 5.99. The molecule has 3 nitrogen and oxygen atoms in total. The Bertz CT molecular complexity index is 640. The summed E-state index contributed by atoms with van der Waals surface area (Å²) < 4.78 is 13.2. The summed E-state index contributed by atoms with van der Waals surface area (Å²) in [6, 6.07) is 11.1. The van der Waals surface area contributed by atoms with Crippen LogP contribution in [0, 0.1) is 12.7 Å². The van der Waals surface area contributed by atoms with Crippen LogP contribution in [0.5, 0.6) is 0 Å². The molecule has 0 aliphatic carbocycles. The first-order chi connectivity index (χ1) is 9.47. The smallest absolute Gasteiger partial charge is 0.253 e. The van der Waals surface area contributed by atoms with Gasteiger partial charge in [-0.1, -0.05) is 18.2 Å². The molecule has 20 heavy (non-hydrogen) atoms. The van der Waals surface area contributed by atoms with Crippen molar-refractivity contribution in [2.24, 2.45) is 0 Å². The molecule has 3 N–H and O–H groups in total. The second kappa shape index (κ2) is 5.74. The number of carbonyl (C=O) groups is 1. The summed E-state index contributed by atoms with van der Waals surface area (Å²) in [7, 11) is 0. The lowest BCUT2D eigenvalue weighted by molar-refractivity contribution is 0.0940. The molecule has 0 spiro atoms. The molecule has 1 amide bonds. The fourth-order valence-corrected chi connectivity index (χ4v) is 2.02. The number of halogens is 1. The van der Waals surface area contributed by atoms with Crippen LogP contribution in [0.1, 0.15) is 34.5 Å². The summed E-state index contributed by atoms with van der Waals surface area (Å²) in [5, 5.41) is 2.81. The Labute approximate surface area is 117 Å². The first-order valence-electron chi connectivity index (χ1n) is 6.40. The first-order valence-corrected chi connectivity index (χ1v) is 6.40. The molecule has 0 aliphatic heterocycles. The molecule has 0 bridgehead atoms. The van der Waals surface area contributed by atoms with Crippen molar-refractivity contribution in [1.29, 1.82) is 0 Å². The summed E-state index contributed by atoms with van der Waals surface area (Å²) in [6.45, 7) is 3.71. The van der Waals surface area contributed by atoms with E-state index in [1.165, 1.54) is 12.1 Å². The second-order valence-corrected chi connectivity index (χ2v) is 4.84. The zero-order chi connectivity index (χ0) is 14.7. The number of benzene rings is 2. The summed E-state index contributed by atoms with van der Waals surface area (Å²) in [4.78, 5) is 12.2. The van der Waals surface area contributed by atoms with Crippen LogP contribution in [0.2, 0.25) is 0 Å². The summed E-state index contributed by atoms with van der Waals surface area (Å²) in [6.07, 6.45) is 0. The lowest BCUT2D eigenvalue weighted by Gasteiger charge is -2.15. The van der Waals surface area contributed by atoms with Crippen molar-refractivity contribution in [2.45, 2.75) is 19.9 Å². The van der Waals surface area contributed by atoms with Gasteiger partial charge in [-0.2, -0.15) is 0 Å². The molecule has 0 saturated carbocycles. The molecule has 0 heterocycles. The number of hydrogen-bond donors (Lipinski definition) is 2. The maximum absolute atomic E-state index is 13.2. The zero-order valence-electron chi connectivity index (χ0n) is 11.5. The number of nitrogen functional groups attached to an aromatic ring is 1. The highest BCUT2D eigenvalue weighted by Crippen LogP contribution is 2.17. The SMILES string of the molecule is Cc1ccc(C(=O)NC(C)c2cccc(F)c2)c(N)c1. The molecule has 2 rings (SSSR count). The number of nitrogens with two attached hydrogens (primary N) is 1. The van der Waals surface area contributed by atoms with E-state index in [-0.39, 0.29) is 17.8 Å². The molecule has 0 aromatic heterocycles. The summed E-state index contributed by atoms with van der Waals surface area (Å²) in [5.74, 6) is -0.585. The quantitative estimate of drug-likeness (QED) is 0.843. The van der Waals surface area contributed by atoms with Crippen molar-refractivity contribution in [3.63, 3.8) is 0 Å². The van der Waals surface area contributed by atoms with Crippen LogP contribution >= 0.6 is 0 Å². The number of hydrogen-bond acceptors (Lipinski definition) is 2. The predicted octanol–water partition coefficient (Wildman–Crippen LogP) is 3.21. The van der Waals surface area contributed by atoms with Gasteiger partial charge in [0, 0.05) is 5.69 Å². The minimum absolute atomic E-state index is 0.265. The Morgan fingerprint density at radius 3 is 2.65 bits per heavy atom. The van der Waals surface area contributed by atoms with Crippen LogP contribution < -0.4 is 11.1 Å². The van der Waals surface area contributed by atoms with E-state index in [1.807, 2.05) is 13.0 Å². The van der Waals surface area contributed by atoms with Gasteiger partial charge in [-0.25, -0.2) is 4.39 Å². The van der Waals surface area contributed by atoms with Crippen molar-refractivity contribution in [1.82, 2.24) is 5.32 Å². The van der Waals surface area contributed by atoms with Gasteiger partial charge in [0.15, 0.2) is 0 Å². The largest absolute Gasteiger partial charge is 0.398 e. The Hall–Kier alpha value is -2.36. The Morgan fingerprint density at radius 1 is 1.25 bits per heavy atom. The molecule has 1 unspecified atom stereocenters. The van der Waals surface area contributed by atoms with E-state index in [2.05, 4.69) is 5.32 Å². The topological polar surface area (TPSA) is 55.1 Å². The third-order valence-electron chi connectivity index (χ3n) is 3.15. The van der Waals surface area contributed by atoms with Gasteiger partial charge in [0.25, 0.3) is 5.91 Å². The molecular formula is C16H17FN2O. The van der Waals surface area contributed by atoms with E-state index in [0.29, 0.717) is 16.8 Å². The van der Waals surface area contributed by atoms with E-state index < -0.39 is 0 Å². The molecule has 1 atom stereocenters. The molecule has 0 fully saturated rings. The average molecular weight is 272 g/mol. The fraction of sp³-hybridized carbons (Fsp3) is 0.188. The Morgan fingerprint density at radius 2 is 2.00 bits per heavy atom. The van der Waals surface area contributed by atoms with Crippen LogP contribution in [0.4, 0.5) is 10.1 Å². The van der Waals surface area contributed by atoms with Crippen LogP contribution in [0.3, 0.4) is 0 Å². The maximum atomic E-state index is 13.2. The molecule has 0 saturated heterocycles. The van der Waals surface area contributed by atoms with Gasteiger partial charge in [0.2, 0.25) is 0 Å². The Kier molecular flexibility index (Phi) is 4.03. The lowest BCUT2D eigenvalue weighted by atomic mass is 10.1. The molecule has 0 aliphatic rings. The molecular weight excluding hydrogens is 255 g/mol. The molecule has 104 valence electrons. The average Bonchev–Trinajstić information content (AvgIpc) is 2.38. The number of anilines is 1. The monoisotopic (exact) mass is 272 g/mol. The number of amides is 1. The predicted molar refractivity (Wildman–Crippen MR) is 77.9 cm³/mol. The normalized spacial score (nSPS) is 11.9. The summed E-state index contributed by atoms with van der Waals surface area (Å²) in [5.41, 5.74) is 8.42. The lowest BCUT2D eigenvalue weighted by Crippen LogP contribution is -2.27. The molecule has 2 aromatic carbocycles. The second-order valence-electron chi connectivity index (χ2n) is 4.84. The van der Waals surface area contributed by atoms with E-state index in [0.717, 1.165) is 5.56 Å². The third kappa shape index (κ3) is 3.15. The molecule has 0 radical (unpaired) electrons. The van der Waals surface area contributed by atoms with E-state index in [4.69, 9.17) is 5.73 Å². The third-order valence-corrected chi connectivity index (χ3v) is 3.15. The Balaban J connectivity index is 2.15. The van der Waals surface area contributed by atoms with Crippen molar-refractivity contribution >= 4 is 11.6 Å². The minimum atomic E-state index is -0.321. The molecule has 2 aromatic rings. The highest BCUT2D eigenvalue weighted by atomic mass is 19.1. The van der Waals surface area contributed by atoms with Crippen LogP contribution in [0.15, 0.2) is 42.5 Å². The van der Waals surface area contributed by atoms with Crippen molar-refractivity contribution in [3.05, 3.63) is 65.0 Å². The minimum Gasteiger partial charge on any atom is -0.398 e. The van der Waals surface area contributed by atoms with E-state index >= 15 is 0 Å². The summed E-state index contributed by atoms with van der Waals surface area (Å²) >= 11 is 0. The van der Waals surface area contributed by atoms with Gasteiger partial charge >= 0.3 is 0 Å². The van der Waals surface area contributed by atoms with Crippen molar-refractivity contribution < 1.29 is 9.18 Å². The van der Waals surface area contributed by atoms with Gasteiger partial charge in [-0.05, 0) is 49.2 Å². The zero-order valence-corrected chi connectivity index (χ0v) is 11.5.